The van der Waals surface area contributed by atoms with Crippen molar-refractivity contribution < 1.29 is 24.2 Å². The Kier molecular flexibility index (Phi) is 8.36. The topological polar surface area (TPSA) is 96.6 Å². The average Bonchev–Trinajstić information content (AvgIpc) is 3.36. The second-order valence-electron chi connectivity index (χ2n) is 9.61. The van der Waals surface area contributed by atoms with Gasteiger partial charge in [-0.2, -0.15) is 0 Å². The molecule has 1 aliphatic rings. The molecule has 0 radical (unpaired) electrons. The van der Waals surface area contributed by atoms with E-state index in [1.807, 2.05) is 57.1 Å². The third kappa shape index (κ3) is 5.24. The number of aryl methyl sites for hydroxylation is 1. The van der Waals surface area contributed by atoms with E-state index in [-0.39, 0.29) is 11.3 Å². The van der Waals surface area contributed by atoms with E-state index in [1.165, 1.54) is 0 Å². The maximum absolute atomic E-state index is 13.5. The van der Waals surface area contributed by atoms with E-state index in [0.717, 1.165) is 13.0 Å². The number of likely N-dealkylation sites (tertiary alicyclic amines) is 1. The van der Waals surface area contributed by atoms with Crippen LogP contribution in [0.2, 0.25) is 0 Å². The number of carbonyl (C=O) groups excluding carboxylic acids is 2. The van der Waals surface area contributed by atoms with Crippen LogP contribution in [0.3, 0.4) is 0 Å². The molecular formula is C29H36N4O5. The number of aliphatic hydroxyl groups excluding tert-OH is 1. The standard InChI is InChI=1S/C29H36N4O5/c1-6-17-38-21-13-12-20(18-22(21)37-7-2)26-24(28(35)29(36)33(26)16-10-14-31(4)5)27(34)25-19(3)30-23-11-8-9-15-32(23)25/h8-9,11-13,15,18,26,34H,6-7,10,14,16-17H2,1-5H3. The van der Waals surface area contributed by atoms with Crippen molar-refractivity contribution in [1.82, 2.24) is 19.2 Å². The summed E-state index contributed by atoms with van der Waals surface area (Å²) in [6.07, 6.45) is 3.29. The first-order valence-electron chi connectivity index (χ1n) is 13.0. The lowest BCUT2D eigenvalue weighted by atomic mass is 9.95. The Hall–Kier alpha value is -3.85. The highest BCUT2D eigenvalue weighted by Gasteiger charge is 2.46. The van der Waals surface area contributed by atoms with Crippen LogP contribution in [0.25, 0.3) is 11.4 Å². The minimum Gasteiger partial charge on any atom is -0.505 e. The molecule has 3 heterocycles. The smallest absolute Gasteiger partial charge is 0.295 e. The molecule has 0 aliphatic carbocycles. The van der Waals surface area contributed by atoms with Crippen LogP contribution in [-0.2, 0) is 9.59 Å². The van der Waals surface area contributed by atoms with Crippen molar-refractivity contribution in [3.63, 3.8) is 0 Å². The Balaban J connectivity index is 1.88. The van der Waals surface area contributed by atoms with Crippen molar-refractivity contribution in [2.75, 3.05) is 40.4 Å². The second-order valence-corrected chi connectivity index (χ2v) is 9.61. The molecule has 1 N–H and O–H groups in total. The number of hydrogen-bond acceptors (Lipinski definition) is 7. The number of amides is 1. The van der Waals surface area contributed by atoms with Crippen molar-refractivity contribution in [1.29, 1.82) is 0 Å². The van der Waals surface area contributed by atoms with Crippen molar-refractivity contribution >= 4 is 23.1 Å². The largest absolute Gasteiger partial charge is 0.505 e. The number of hydrogen-bond donors (Lipinski definition) is 1. The maximum atomic E-state index is 13.5. The summed E-state index contributed by atoms with van der Waals surface area (Å²) in [5, 5.41) is 11.6. The minimum absolute atomic E-state index is 0.0401. The number of aliphatic hydroxyl groups is 1. The molecule has 202 valence electrons. The predicted molar refractivity (Wildman–Crippen MR) is 146 cm³/mol. The Morgan fingerprint density at radius 3 is 2.61 bits per heavy atom. The molecule has 1 fully saturated rings. The summed E-state index contributed by atoms with van der Waals surface area (Å²) in [5.74, 6) is -0.468. The van der Waals surface area contributed by atoms with Crippen molar-refractivity contribution in [3.05, 3.63) is 65.1 Å². The fourth-order valence-corrected chi connectivity index (χ4v) is 4.84. The van der Waals surface area contributed by atoms with Gasteiger partial charge < -0.3 is 24.4 Å². The van der Waals surface area contributed by atoms with Gasteiger partial charge in [-0.05, 0) is 77.2 Å². The van der Waals surface area contributed by atoms with Gasteiger partial charge in [0.1, 0.15) is 11.3 Å². The molecule has 9 heteroatoms. The molecule has 1 amide bonds. The van der Waals surface area contributed by atoms with E-state index in [4.69, 9.17) is 9.47 Å². The first kappa shape index (κ1) is 27.2. The summed E-state index contributed by atoms with van der Waals surface area (Å²) < 4.78 is 13.5. The van der Waals surface area contributed by atoms with E-state index >= 15 is 0 Å². The highest BCUT2D eigenvalue weighted by atomic mass is 16.5. The summed E-state index contributed by atoms with van der Waals surface area (Å²) in [6.45, 7) is 7.75. The van der Waals surface area contributed by atoms with Gasteiger partial charge in [0.25, 0.3) is 11.7 Å². The van der Waals surface area contributed by atoms with Gasteiger partial charge in [-0.15, -0.1) is 0 Å². The summed E-state index contributed by atoms with van der Waals surface area (Å²) in [4.78, 5) is 35.0. The second kappa shape index (κ2) is 11.7. The first-order valence-corrected chi connectivity index (χ1v) is 13.0. The third-order valence-corrected chi connectivity index (χ3v) is 6.52. The van der Waals surface area contributed by atoms with E-state index in [1.54, 1.807) is 34.6 Å². The van der Waals surface area contributed by atoms with Gasteiger partial charge in [-0.25, -0.2) is 4.98 Å². The summed E-state index contributed by atoms with van der Waals surface area (Å²) in [6, 6.07) is 10.2. The van der Waals surface area contributed by atoms with Gasteiger partial charge in [0.05, 0.1) is 30.5 Å². The minimum atomic E-state index is -0.787. The fourth-order valence-electron chi connectivity index (χ4n) is 4.84. The Morgan fingerprint density at radius 2 is 1.89 bits per heavy atom. The van der Waals surface area contributed by atoms with Crippen LogP contribution in [0.4, 0.5) is 0 Å². The number of aromatic nitrogens is 2. The van der Waals surface area contributed by atoms with Gasteiger partial charge in [0.2, 0.25) is 0 Å². The molecule has 0 saturated carbocycles. The zero-order chi connectivity index (χ0) is 27.4. The Labute approximate surface area is 223 Å². The zero-order valence-electron chi connectivity index (χ0n) is 22.7. The lowest BCUT2D eigenvalue weighted by Gasteiger charge is -2.26. The number of imidazole rings is 1. The quantitative estimate of drug-likeness (QED) is 0.230. The molecular weight excluding hydrogens is 484 g/mol. The van der Waals surface area contributed by atoms with Gasteiger partial charge in [-0.1, -0.05) is 19.1 Å². The number of pyridine rings is 1. The molecule has 1 aliphatic heterocycles. The van der Waals surface area contributed by atoms with E-state index < -0.39 is 17.7 Å². The van der Waals surface area contributed by atoms with Gasteiger partial charge in [0, 0.05) is 12.7 Å². The maximum Gasteiger partial charge on any atom is 0.295 e. The Bertz CT molecular complexity index is 1360. The number of benzene rings is 1. The lowest BCUT2D eigenvalue weighted by Crippen LogP contribution is -2.32. The van der Waals surface area contributed by atoms with Crippen molar-refractivity contribution in [3.8, 4) is 11.5 Å². The van der Waals surface area contributed by atoms with E-state index in [9.17, 15) is 14.7 Å². The molecule has 9 nitrogen and oxygen atoms in total. The van der Waals surface area contributed by atoms with Crippen LogP contribution in [0.5, 0.6) is 11.5 Å². The van der Waals surface area contributed by atoms with Crippen LogP contribution < -0.4 is 9.47 Å². The monoisotopic (exact) mass is 520 g/mol. The molecule has 1 aromatic carbocycles. The highest BCUT2D eigenvalue weighted by molar-refractivity contribution is 6.46. The summed E-state index contributed by atoms with van der Waals surface area (Å²) in [7, 11) is 3.92. The summed E-state index contributed by atoms with van der Waals surface area (Å²) >= 11 is 0. The number of ketones is 1. The van der Waals surface area contributed by atoms with Gasteiger partial charge in [0.15, 0.2) is 17.3 Å². The van der Waals surface area contributed by atoms with E-state index in [2.05, 4.69) is 4.98 Å². The molecule has 4 rings (SSSR count). The molecule has 3 aromatic rings. The number of Topliss-reactive ketones (excluding diaryl/α,β-unsaturated/α-hetero) is 1. The van der Waals surface area contributed by atoms with Crippen LogP contribution >= 0.6 is 0 Å². The molecule has 0 spiro atoms. The van der Waals surface area contributed by atoms with Gasteiger partial charge >= 0.3 is 0 Å². The fraction of sp³-hybridized carbons (Fsp3) is 0.414. The van der Waals surface area contributed by atoms with Crippen LogP contribution in [0, 0.1) is 6.92 Å². The molecule has 1 unspecified atom stereocenters. The van der Waals surface area contributed by atoms with Crippen LogP contribution in [-0.4, -0.2) is 76.4 Å². The Morgan fingerprint density at radius 1 is 1.11 bits per heavy atom. The predicted octanol–water partition coefficient (Wildman–Crippen LogP) is 4.20. The summed E-state index contributed by atoms with van der Waals surface area (Å²) in [5.41, 5.74) is 2.29. The number of fused-ring (bicyclic) bond motifs is 1. The molecule has 1 saturated heterocycles. The number of nitrogens with zero attached hydrogens (tertiary/aromatic N) is 4. The van der Waals surface area contributed by atoms with E-state index in [0.29, 0.717) is 60.3 Å². The van der Waals surface area contributed by atoms with Crippen LogP contribution in [0.1, 0.15) is 49.7 Å². The molecule has 2 aromatic heterocycles. The third-order valence-electron chi connectivity index (χ3n) is 6.52. The van der Waals surface area contributed by atoms with Gasteiger partial charge in [-0.3, -0.25) is 14.0 Å². The highest BCUT2D eigenvalue weighted by Crippen LogP contribution is 2.42. The SMILES string of the molecule is CCCOc1ccc(C2C(=C(O)c3c(C)nc4ccccn34)C(=O)C(=O)N2CCCN(C)C)cc1OCC. The normalized spacial score (nSPS) is 17.1. The number of ether oxygens (including phenoxy) is 2. The van der Waals surface area contributed by atoms with Crippen molar-refractivity contribution in [2.24, 2.45) is 0 Å². The molecule has 38 heavy (non-hydrogen) atoms. The van der Waals surface area contributed by atoms with Crippen molar-refractivity contribution in [2.45, 2.75) is 39.7 Å². The number of rotatable bonds is 11. The molecule has 0 bridgehead atoms. The molecule has 1 atom stereocenters. The first-order chi connectivity index (χ1) is 18.3. The lowest BCUT2D eigenvalue weighted by molar-refractivity contribution is -0.139. The average molecular weight is 521 g/mol. The van der Waals surface area contributed by atoms with Crippen LogP contribution in [0.15, 0.2) is 48.2 Å². The zero-order valence-corrected chi connectivity index (χ0v) is 22.7. The number of carbonyl (C=O) groups is 2.